The lowest BCUT2D eigenvalue weighted by Gasteiger charge is -2.48. The van der Waals surface area contributed by atoms with Crippen molar-refractivity contribution in [2.45, 2.75) is 63.3 Å². The zero-order valence-corrected chi connectivity index (χ0v) is 12.5. The van der Waals surface area contributed by atoms with E-state index in [0.717, 1.165) is 26.1 Å². The zero-order chi connectivity index (χ0) is 15.0. The average molecular weight is 296 g/mol. The Labute approximate surface area is 125 Å². The van der Waals surface area contributed by atoms with E-state index in [1.807, 2.05) is 4.90 Å². The van der Waals surface area contributed by atoms with E-state index in [0.29, 0.717) is 18.9 Å². The van der Waals surface area contributed by atoms with E-state index in [4.69, 9.17) is 9.84 Å². The van der Waals surface area contributed by atoms with Crippen molar-refractivity contribution >= 4 is 11.9 Å². The minimum atomic E-state index is -0.963. The molecular formula is C15H24N2O4. The third kappa shape index (κ3) is 2.92. The number of carboxylic acids is 1. The van der Waals surface area contributed by atoms with Crippen LogP contribution < -0.4 is 0 Å². The molecular weight excluding hydrogens is 272 g/mol. The van der Waals surface area contributed by atoms with E-state index >= 15 is 0 Å². The number of ether oxygens (including phenoxy) is 1. The summed E-state index contributed by atoms with van der Waals surface area (Å²) in [6.45, 7) is 4.90. The van der Waals surface area contributed by atoms with Gasteiger partial charge in [-0.05, 0) is 39.2 Å². The van der Waals surface area contributed by atoms with E-state index in [9.17, 15) is 9.59 Å². The van der Waals surface area contributed by atoms with Crippen molar-refractivity contribution < 1.29 is 19.4 Å². The summed E-state index contributed by atoms with van der Waals surface area (Å²) < 4.78 is 5.42. The Morgan fingerprint density at radius 1 is 1.10 bits per heavy atom. The molecule has 3 fully saturated rings. The van der Waals surface area contributed by atoms with E-state index < -0.39 is 18.2 Å². The van der Waals surface area contributed by atoms with E-state index in [1.54, 1.807) is 0 Å². The SMILES string of the molecule is CC1CN2CCCCC2CN1C(=O)C1CCC(C(=O)O)O1. The number of carbonyl (C=O) groups excluding carboxylic acids is 1. The van der Waals surface area contributed by atoms with Crippen LogP contribution in [0.25, 0.3) is 0 Å². The number of hydrogen-bond acceptors (Lipinski definition) is 4. The van der Waals surface area contributed by atoms with Gasteiger partial charge in [0.2, 0.25) is 0 Å². The van der Waals surface area contributed by atoms with Crippen LogP contribution in [-0.2, 0) is 14.3 Å². The van der Waals surface area contributed by atoms with Crippen LogP contribution in [0.4, 0.5) is 0 Å². The van der Waals surface area contributed by atoms with Gasteiger partial charge in [0.15, 0.2) is 6.10 Å². The summed E-state index contributed by atoms with van der Waals surface area (Å²) >= 11 is 0. The molecule has 0 spiro atoms. The van der Waals surface area contributed by atoms with Crippen LogP contribution >= 0.6 is 0 Å². The molecule has 6 nitrogen and oxygen atoms in total. The van der Waals surface area contributed by atoms with Gasteiger partial charge in [-0.3, -0.25) is 9.69 Å². The summed E-state index contributed by atoms with van der Waals surface area (Å²) in [5, 5.41) is 8.97. The quantitative estimate of drug-likeness (QED) is 0.812. The molecule has 118 valence electrons. The first-order chi connectivity index (χ1) is 10.1. The van der Waals surface area contributed by atoms with E-state index in [-0.39, 0.29) is 11.9 Å². The Kier molecular flexibility index (Phi) is 4.17. The second kappa shape index (κ2) is 5.93. The molecule has 0 aromatic rings. The molecule has 0 aromatic heterocycles. The molecule has 3 saturated heterocycles. The second-order valence-corrected chi connectivity index (χ2v) is 6.51. The van der Waals surface area contributed by atoms with Crippen molar-refractivity contribution in [3.63, 3.8) is 0 Å². The first kappa shape index (κ1) is 14.8. The van der Waals surface area contributed by atoms with Gasteiger partial charge in [-0.1, -0.05) is 6.42 Å². The highest BCUT2D eigenvalue weighted by Gasteiger charge is 2.41. The maximum absolute atomic E-state index is 12.6. The summed E-state index contributed by atoms with van der Waals surface area (Å²) in [7, 11) is 0. The van der Waals surface area contributed by atoms with Crippen LogP contribution in [0.5, 0.6) is 0 Å². The number of rotatable bonds is 2. The molecule has 0 aliphatic carbocycles. The maximum Gasteiger partial charge on any atom is 0.332 e. The monoisotopic (exact) mass is 296 g/mol. The first-order valence-electron chi connectivity index (χ1n) is 7.99. The fourth-order valence-corrected chi connectivity index (χ4v) is 3.84. The van der Waals surface area contributed by atoms with Gasteiger partial charge in [0.25, 0.3) is 5.91 Å². The van der Waals surface area contributed by atoms with Crippen LogP contribution in [0.3, 0.4) is 0 Å². The number of carbonyl (C=O) groups is 2. The molecule has 3 rings (SSSR count). The predicted octanol–water partition coefficient (Wildman–Crippen LogP) is 0.704. The van der Waals surface area contributed by atoms with Gasteiger partial charge in [0.1, 0.15) is 6.10 Å². The highest BCUT2D eigenvalue weighted by atomic mass is 16.5. The molecule has 3 aliphatic rings. The summed E-state index contributed by atoms with van der Waals surface area (Å²) in [5.74, 6) is -0.980. The van der Waals surface area contributed by atoms with E-state index in [1.165, 1.54) is 12.8 Å². The normalized spacial score (nSPS) is 37.3. The highest BCUT2D eigenvalue weighted by molar-refractivity contribution is 5.83. The number of nitrogens with zero attached hydrogens (tertiary/aromatic N) is 2. The average Bonchev–Trinajstić information content (AvgIpc) is 2.96. The Bertz CT molecular complexity index is 428. The number of aliphatic carboxylic acids is 1. The largest absolute Gasteiger partial charge is 0.479 e. The van der Waals surface area contributed by atoms with Crippen molar-refractivity contribution in [3.8, 4) is 0 Å². The predicted molar refractivity (Wildman–Crippen MR) is 75.9 cm³/mol. The van der Waals surface area contributed by atoms with Gasteiger partial charge in [0, 0.05) is 25.2 Å². The summed E-state index contributed by atoms with van der Waals surface area (Å²) in [4.78, 5) is 28.0. The number of piperidine rings is 1. The van der Waals surface area contributed by atoms with Gasteiger partial charge in [0.05, 0.1) is 0 Å². The fourth-order valence-electron chi connectivity index (χ4n) is 3.84. The molecule has 1 N–H and O–H groups in total. The standard InChI is InChI=1S/C15H24N2O4/c1-10-8-16-7-3-2-4-11(16)9-17(10)14(18)12-5-6-13(21-12)15(19)20/h10-13H,2-9H2,1H3,(H,19,20). The van der Waals surface area contributed by atoms with Crippen molar-refractivity contribution in [2.24, 2.45) is 0 Å². The Hall–Kier alpha value is -1.14. The third-order valence-electron chi connectivity index (χ3n) is 5.04. The topological polar surface area (TPSA) is 70.1 Å². The Balaban J connectivity index is 1.63. The first-order valence-corrected chi connectivity index (χ1v) is 7.99. The number of piperazine rings is 1. The lowest BCUT2D eigenvalue weighted by atomic mass is 9.96. The minimum absolute atomic E-state index is 0.0172. The van der Waals surface area contributed by atoms with Crippen molar-refractivity contribution in [1.82, 2.24) is 9.80 Å². The van der Waals surface area contributed by atoms with E-state index in [2.05, 4.69) is 11.8 Å². The Morgan fingerprint density at radius 3 is 2.57 bits per heavy atom. The Morgan fingerprint density at radius 2 is 1.86 bits per heavy atom. The lowest BCUT2D eigenvalue weighted by molar-refractivity contribution is -0.157. The van der Waals surface area contributed by atoms with Crippen LogP contribution in [0, 0.1) is 0 Å². The number of carboxylic acid groups (broad SMARTS) is 1. The fraction of sp³-hybridized carbons (Fsp3) is 0.867. The maximum atomic E-state index is 12.6. The van der Waals surface area contributed by atoms with Gasteiger partial charge >= 0.3 is 5.97 Å². The van der Waals surface area contributed by atoms with Crippen molar-refractivity contribution in [1.29, 1.82) is 0 Å². The van der Waals surface area contributed by atoms with Crippen LogP contribution in [0.15, 0.2) is 0 Å². The van der Waals surface area contributed by atoms with Crippen molar-refractivity contribution in [2.75, 3.05) is 19.6 Å². The second-order valence-electron chi connectivity index (χ2n) is 6.51. The number of hydrogen-bond donors (Lipinski definition) is 1. The minimum Gasteiger partial charge on any atom is -0.479 e. The molecule has 4 atom stereocenters. The molecule has 3 aliphatic heterocycles. The van der Waals surface area contributed by atoms with Crippen molar-refractivity contribution in [3.05, 3.63) is 0 Å². The molecule has 1 amide bonds. The molecule has 0 bridgehead atoms. The molecule has 0 radical (unpaired) electrons. The van der Waals surface area contributed by atoms with Crippen LogP contribution in [-0.4, -0.2) is 70.7 Å². The number of fused-ring (bicyclic) bond motifs is 1. The molecule has 0 saturated carbocycles. The van der Waals surface area contributed by atoms with Crippen LogP contribution in [0.1, 0.15) is 39.0 Å². The van der Waals surface area contributed by atoms with Gasteiger partial charge < -0.3 is 14.7 Å². The summed E-state index contributed by atoms with van der Waals surface area (Å²) in [6, 6.07) is 0.648. The molecule has 6 heteroatoms. The molecule has 4 unspecified atom stereocenters. The highest BCUT2D eigenvalue weighted by Crippen LogP contribution is 2.27. The molecule has 21 heavy (non-hydrogen) atoms. The smallest absolute Gasteiger partial charge is 0.332 e. The summed E-state index contributed by atoms with van der Waals surface area (Å²) in [6.07, 6.45) is 3.22. The lowest BCUT2D eigenvalue weighted by Crippen LogP contribution is -2.61. The third-order valence-corrected chi connectivity index (χ3v) is 5.04. The van der Waals surface area contributed by atoms with Gasteiger partial charge in [-0.15, -0.1) is 0 Å². The summed E-state index contributed by atoms with van der Waals surface area (Å²) in [5.41, 5.74) is 0. The molecule has 0 aromatic carbocycles. The van der Waals surface area contributed by atoms with Gasteiger partial charge in [-0.25, -0.2) is 4.79 Å². The zero-order valence-electron chi connectivity index (χ0n) is 12.5. The van der Waals surface area contributed by atoms with Crippen LogP contribution in [0.2, 0.25) is 0 Å². The van der Waals surface area contributed by atoms with Gasteiger partial charge in [-0.2, -0.15) is 0 Å². The molecule has 3 heterocycles. The number of amides is 1.